The van der Waals surface area contributed by atoms with Gasteiger partial charge in [0.15, 0.2) is 0 Å². The van der Waals surface area contributed by atoms with E-state index in [0.29, 0.717) is 12.5 Å². The van der Waals surface area contributed by atoms with Gasteiger partial charge in [0.05, 0.1) is 24.4 Å². The van der Waals surface area contributed by atoms with Crippen molar-refractivity contribution >= 4 is 5.91 Å². The fourth-order valence-corrected chi connectivity index (χ4v) is 2.97. The minimum atomic E-state index is -0.143. The fraction of sp³-hybridized carbons (Fsp3) is 0.929. The predicted octanol–water partition coefficient (Wildman–Crippen LogP) is 1.75. The Labute approximate surface area is 110 Å². The van der Waals surface area contributed by atoms with Crippen molar-refractivity contribution in [2.75, 3.05) is 13.2 Å². The second-order valence-electron chi connectivity index (χ2n) is 6.07. The molecule has 4 heteroatoms. The Kier molecular flexibility index (Phi) is 3.97. The van der Waals surface area contributed by atoms with Crippen LogP contribution in [-0.4, -0.2) is 41.8 Å². The van der Waals surface area contributed by atoms with Crippen LogP contribution in [0.3, 0.4) is 0 Å². The highest BCUT2D eigenvalue weighted by molar-refractivity contribution is 5.84. The van der Waals surface area contributed by atoms with E-state index < -0.39 is 0 Å². The number of carbonyl (C=O) groups excluding carboxylic acids is 1. The number of nitrogens with zero attached hydrogens (tertiary/aromatic N) is 1. The Morgan fingerprint density at radius 1 is 1.61 bits per heavy atom. The van der Waals surface area contributed by atoms with Crippen molar-refractivity contribution in [3.05, 3.63) is 0 Å². The number of ether oxygens (including phenoxy) is 1. The minimum absolute atomic E-state index is 0.0185. The Bertz CT molecular complexity index is 313. The van der Waals surface area contributed by atoms with Crippen molar-refractivity contribution in [1.29, 1.82) is 0 Å². The molecule has 0 bridgehead atoms. The molecule has 2 rings (SSSR count). The van der Waals surface area contributed by atoms with Gasteiger partial charge in [0, 0.05) is 6.61 Å². The first-order chi connectivity index (χ1) is 8.47. The van der Waals surface area contributed by atoms with E-state index >= 15 is 0 Å². The summed E-state index contributed by atoms with van der Waals surface area (Å²) in [7, 11) is 0. The summed E-state index contributed by atoms with van der Waals surface area (Å²) in [6, 6.07) is -0.0185. The van der Waals surface area contributed by atoms with Crippen molar-refractivity contribution in [3.63, 3.8) is 0 Å². The molecule has 1 N–H and O–H groups in total. The molecule has 0 aromatic heterocycles. The summed E-state index contributed by atoms with van der Waals surface area (Å²) >= 11 is 0. The first-order valence-corrected chi connectivity index (χ1v) is 7.17. The van der Waals surface area contributed by atoms with Crippen LogP contribution in [0.1, 0.15) is 47.0 Å². The van der Waals surface area contributed by atoms with E-state index in [1.165, 1.54) is 0 Å². The zero-order valence-corrected chi connectivity index (χ0v) is 12.0. The average molecular weight is 254 g/mol. The highest BCUT2D eigenvalue weighted by atomic mass is 16.5. The standard InChI is InChI=1S/C14H26N2O2/c1-5-10(2)12-13(17)16(11(3)15-12)9-14(4)7-6-8-18-14/h10-12,15H,5-9H2,1-4H3. The van der Waals surface area contributed by atoms with Gasteiger partial charge in [0.1, 0.15) is 0 Å². The molecule has 2 saturated heterocycles. The van der Waals surface area contributed by atoms with E-state index in [2.05, 4.69) is 33.0 Å². The lowest BCUT2D eigenvalue weighted by Crippen LogP contribution is -2.45. The van der Waals surface area contributed by atoms with Crippen LogP contribution in [0.4, 0.5) is 0 Å². The normalized spacial score (nSPS) is 38.4. The summed E-state index contributed by atoms with van der Waals surface area (Å²) < 4.78 is 5.80. The van der Waals surface area contributed by atoms with Gasteiger partial charge in [0.25, 0.3) is 0 Å². The molecule has 2 heterocycles. The number of nitrogens with one attached hydrogen (secondary N) is 1. The van der Waals surface area contributed by atoms with Gasteiger partial charge in [-0.05, 0) is 32.6 Å². The van der Waals surface area contributed by atoms with E-state index in [1.807, 2.05) is 4.90 Å². The summed E-state index contributed by atoms with van der Waals surface area (Å²) in [5.41, 5.74) is -0.143. The maximum Gasteiger partial charge on any atom is 0.241 e. The van der Waals surface area contributed by atoms with Gasteiger partial charge >= 0.3 is 0 Å². The summed E-state index contributed by atoms with van der Waals surface area (Å²) in [6.45, 7) is 10.0. The smallest absolute Gasteiger partial charge is 0.241 e. The Morgan fingerprint density at radius 2 is 2.33 bits per heavy atom. The first kappa shape index (κ1) is 13.8. The molecule has 0 spiro atoms. The highest BCUT2D eigenvalue weighted by Gasteiger charge is 2.43. The summed E-state index contributed by atoms with van der Waals surface area (Å²) in [5, 5.41) is 3.42. The summed E-state index contributed by atoms with van der Waals surface area (Å²) in [4.78, 5) is 14.4. The fourth-order valence-electron chi connectivity index (χ4n) is 2.97. The van der Waals surface area contributed by atoms with Crippen LogP contribution in [0.5, 0.6) is 0 Å². The third-order valence-electron chi connectivity index (χ3n) is 4.46. The molecule has 2 fully saturated rings. The number of rotatable bonds is 4. The second-order valence-corrected chi connectivity index (χ2v) is 6.07. The lowest BCUT2D eigenvalue weighted by molar-refractivity contribution is -0.134. The largest absolute Gasteiger partial charge is 0.373 e. The zero-order chi connectivity index (χ0) is 13.3. The van der Waals surface area contributed by atoms with Gasteiger partial charge in [-0.2, -0.15) is 0 Å². The van der Waals surface area contributed by atoms with Crippen molar-refractivity contribution in [2.45, 2.75) is 64.8 Å². The molecular weight excluding hydrogens is 228 g/mol. The highest BCUT2D eigenvalue weighted by Crippen LogP contribution is 2.29. The molecular formula is C14H26N2O2. The van der Waals surface area contributed by atoms with Crippen LogP contribution in [0.25, 0.3) is 0 Å². The molecule has 0 saturated carbocycles. The molecule has 4 atom stereocenters. The van der Waals surface area contributed by atoms with Crippen LogP contribution in [0.15, 0.2) is 0 Å². The topological polar surface area (TPSA) is 41.6 Å². The van der Waals surface area contributed by atoms with E-state index in [1.54, 1.807) is 0 Å². The molecule has 18 heavy (non-hydrogen) atoms. The SMILES string of the molecule is CCC(C)C1NC(C)N(CC2(C)CCCO2)C1=O. The van der Waals surface area contributed by atoms with E-state index in [4.69, 9.17) is 4.74 Å². The third-order valence-corrected chi connectivity index (χ3v) is 4.46. The molecule has 104 valence electrons. The molecule has 0 aromatic rings. The molecule has 4 nitrogen and oxygen atoms in total. The average Bonchev–Trinajstić information content (AvgIpc) is 2.88. The van der Waals surface area contributed by atoms with Crippen LogP contribution < -0.4 is 5.32 Å². The number of carbonyl (C=O) groups is 1. The quantitative estimate of drug-likeness (QED) is 0.831. The van der Waals surface area contributed by atoms with Crippen molar-refractivity contribution in [2.24, 2.45) is 5.92 Å². The van der Waals surface area contributed by atoms with Gasteiger partial charge in [-0.3, -0.25) is 10.1 Å². The van der Waals surface area contributed by atoms with E-state index in [-0.39, 0.29) is 23.7 Å². The third kappa shape index (κ3) is 2.54. The second kappa shape index (κ2) is 5.17. The number of hydrogen-bond acceptors (Lipinski definition) is 3. The monoisotopic (exact) mass is 254 g/mol. The molecule has 4 unspecified atom stereocenters. The van der Waals surface area contributed by atoms with Gasteiger partial charge in [-0.25, -0.2) is 0 Å². The van der Waals surface area contributed by atoms with Gasteiger partial charge in [-0.1, -0.05) is 20.3 Å². The van der Waals surface area contributed by atoms with E-state index in [0.717, 1.165) is 25.9 Å². The maximum absolute atomic E-state index is 12.5. The van der Waals surface area contributed by atoms with E-state index in [9.17, 15) is 4.79 Å². The van der Waals surface area contributed by atoms with Crippen LogP contribution in [0, 0.1) is 5.92 Å². The van der Waals surface area contributed by atoms with Crippen molar-refractivity contribution < 1.29 is 9.53 Å². The zero-order valence-electron chi connectivity index (χ0n) is 12.0. The van der Waals surface area contributed by atoms with Crippen LogP contribution in [-0.2, 0) is 9.53 Å². The maximum atomic E-state index is 12.5. The molecule has 1 amide bonds. The summed E-state index contributed by atoms with van der Waals surface area (Å²) in [6.07, 6.45) is 3.31. The number of hydrogen-bond donors (Lipinski definition) is 1. The predicted molar refractivity (Wildman–Crippen MR) is 71.1 cm³/mol. The molecule has 2 aliphatic rings. The first-order valence-electron chi connectivity index (χ1n) is 7.17. The molecule has 0 aliphatic carbocycles. The Morgan fingerprint density at radius 3 is 2.89 bits per heavy atom. The Balaban J connectivity index is 2.02. The van der Waals surface area contributed by atoms with Crippen LogP contribution >= 0.6 is 0 Å². The molecule has 2 aliphatic heterocycles. The number of amides is 1. The minimum Gasteiger partial charge on any atom is -0.373 e. The lowest BCUT2D eigenvalue weighted by atomic mass is 9.98. The van der Waals surface area contributed by atoms with Gasteiger partial charge < -0.3 is 9.64 Å². The van der Waals surface area contributed by atoms with Gasteiger partial charge in [0.2, 0.25) is 5.91 Å². The Hall–Kier alpha value is -0.610. The lowest BCUT2D eigenvalue weighted by Gasteiger charge is -2.31. The summed E-state index contributed by atoms with van der Waals surface area (Å²) in [5.74, 6) is 0.635. The van der Waals surface area contributed by atoms with Crippen LogP contribution in [0.2, 0.25) is 0 Å². The molecule has 0 radical (unpaired) electrons. The van der Waals surface area contributed by atoms with Crippen molar-refractivity contribution in [3.8, 4) is 0 Å². The molecule has 0 aromatic carbocycles. The van der Waals surface area contributed by atoms with Gasteiger partial charge in [-0.15, -0.1) is 0 Å². The van der Waals surface area contributed by atoms with Crippen molar-refractivity contribution in [1.82, 2.24) is 10.2 Å².